The standard InChI is InChI=1S/C35H45BrN6O3S/c1-5-46(44,45)41-17-13-27(22-41)38-34-30(36)21-37-32-20-31(39-35(32)34)29-18-24(3)42(25(29)4)28-9-6-8-26(19-28)33(43)10-7-14-40-15-11-23(2)12-16-40/h6,8-9,18-19,21,23,27H,5,7,10-17,20,22H2,1-4H3,(H,37,38). The first kappa shape index (κ1) is 33.1. The van der Waals surface area contributed by atoms with Crippen LogP contribution in [0.5, 0.6) is 0 Å². The molecule has 0 bridgehead atoms. The van der Waals surface area contributed by atoms with E-state index in [1.807, 2.05) is 18.2 Å². The van der Waals surface area contributed by atoms with E-state index in [4.69, 9.17) is 4.99 Å². The summed E-state index contributed by atoms with van der Waals surface area (Å²) in [6.45, 7) is 12.4. The van der Waals surface area contributed by atoms with Crippen molar-refractivity contribution in [1.82, 2.24) is 18.8 Å². The summed E-state index contributed by atoms with van der Waals surface area (Å²) in [5, 5.41) is 3.58. The van der Waals surface area contributed by atoms with Gasteiger partial charge in [-0.1, -0.05) is 19.1 Å². The summed E-state index contributed by atoms with van der Waals surface area (Å²) in [7, 11) is -3.22. The number of likely N-dealkylation sites (tertiary alicyclic amines) is 1. The number of carbonyl (C=O) groups excluding carboxylic acids is 1. The number of hydrogen-bond donors (Lipinski definition) is 1. The number of rotatable bonds is 11. The van der Waals surface area contributed by atoms with Gasteiger partial charge >= 0.3 is 0 Å². The van der Waals surface area contributed by atoms with Crippen molar-refractivity contribution in [3.05, 3.63) is 69.2 Å². The van der Waals surface area contributed by atoms with Crippen LogP contribution in [0.25, 0.3) is 5.69 Å². The van der Waals surface area contributed by atoms with E-state index in [1.165, 1.54) is 12.8 Å². The zero-order chi connectivity index (χ0) is 32.6. The Morgan fingerprint density at radius 3 is 2.65 bits per heavy atom. The molecular formula is C35H45BrN6O3S. The second-order valence-electron chi connectivity index (χ2n) is 13.1. The van der Waals surface area contributed by atoms with Crippen molar-refractivity contribution in [2.45, 2.75) is 72.3 Å². The van der Waals surface area contributed by atoms with Crippen molar-refractivity contribution in [3.63, 3.8) is 0 Å². The number of aromatic nitrogens is 2. The average molecular weight is 710 g/mol. The monoisotopic (exact) mass is 708 g/mol. The van der Waals surface area contributed by atoms with Gasteiger partial charge in [-0.2, -0.15) is 4.31 Å². The highest BCUT2D eigenvalue weighted by Crippen LogP contribution is 2.41. The molecule has 0 saturated carbocycles. The van der Waals surface area contributed by atoms with Gasteiger partial charge in [0.2, 0.25) is 10.0 Å². The summed E-state index contributed by atoms with van der Waals surface area (Å²) in [5.41, 5.74) is 8.44. The normalized spacial score (nSPS) is 19.4. The number of fused-ring (bicyclic) bond motifs is 1. The van der Waals surface area contributed by atoms with E-state index < -0.39 is 10.0 Å². The Morgan fingerprint density at radius 1 is 1.11 bits per heavy atom. The number of aryl methyl sites for hydroxylation is 1. The summed E-state index contributed by atoms with van der Waals surface area (Å²) >= 11 is 3.66. The SMILES string of the molecule is CCS(=O)(=O)N1CCC(Nc2c(Br)cnc3c2N=C(c2cc(C)n(-c4cccc(C(=O)CCCN5CCC(C)CC5)c4)c2C)C3)C1. The van der Waals surface area contributed by atoms with Gasteiger partial charge < -0.3 is 14.8 Å². The molecule has 11 heteroatoms. The fourth-order valence-corrected chi connectivity index (χ4v) is 8.60. The van der Waals surface area contributed by atoms with Crippen LogP contribution >= 0.6 is 15.9 Å². The van der Waals surface area contributed by atoms with Gasteiger partial charge in [0.25, 0.3) is 0 Å². The first-order chi connectivity index (χ1) is 22.0. The molecule has 1 unspecified atom stereocenters. The average Bonchev–Trinajstić information content (AvgIpc) is 3.77. The minimum Gasteiger partial charge on any atom is -0.378 e. The number of piperidine rings is 1. The molecule has 0 amide bonds. The highest BCUT2D eigenvalue weighted by atomic mass is 79.9. The van der Waals surface area contributed by atoms with Gasteiger partial charge in [-0.3, -0.25) is 9.78 Å². The largest absolute Gasteiger partial charge is 0.378 e. The van der Waals surface area contributed by atoms with E-state index >= 15 is 0 Å². The van der Waals surface area contributed by atoms with Gasteiger partial charge in [0, 0.05) is 66.4 Å². The summed E-state index contributed by atoms with van der Waals surface area (Å²) < 4.78 is 29.4. The minimum atomic E-state index is -3.22. The molecule has 1 N–H and O–H groups in total. The first-order valence-corrected chi connectivity index (χ1v) is 19.0. The maximum Gasteiger partial charge on any atom is 0.213 e. The number of Topliss-reactive ketones (excluding diaryl/α,β-unsaturated/α-hetero) is 1. The number of nitrogens with zero attached hydrogens (tertiary/aromatic N) is 5. The van der Waals surface area contributed by atoms with Crippen LogP contribution < -0.4 is 5.32 Å². The summed E-state index contributed by atoms with van der Waals surface area (Å²) in [6.07, 6.45) is 7.10. The van der Waals surface area contributed by atoms with Gasteiger partial charge in [0.05, 0.1) is 27.3 Å². The molecule has 46 heavy (non-hydrogen) atoms. The Labute approximate surface area is 281 Å². The van der Waals surface area contributed by atoms with Crippen molar-refractivity contribution in [1.29, 1.82) is 0 Å². The Bertz CT molecular complexity index is 1760. The van der Waals surface area contributed by atoms with Crippen molar-refractivity contribution in [3.8, 4) is 5.69 Å². The molecule has 1 aromatic carbocycles. The number of pyridine rings is 1. The number of ketones is 1. The highest BCUT2D eigenvalue weighted by molar-refractivity contribution is 9.10. The lowest BCUT2D eigenvalue weighted by Crippen LogP contribution is -2.33. The zero-order valence-electron chi connectivity index (χ0n) is 27.4. The predicted molar refractivity (Wildman–Crippen MR) is 189 cm³/mol. The van der Waals surface area contributed by atoms with Crippen LogP contribution in [0.1, 0.15) is 79.0 Å². The van der Waals surface area contributed by atoms with Crippen LogP contribution in [0.4, 0.5) is 11.4 Å². The van der Waals surface area contributed by atoms with Gasteiger partial charge in [-0.05, 0) is 106 Å². The quantitative estimate of drug-likeness (QED) is 0.230. The van der Waals surface area contributed by atoms with Crippen LogP contribution in [-0.4, -0.2) is 83.2 Å². The Hall–Kier alpha value is -2.86. The van der Waals surface area contributed by atoms with Crippen molar-refractivity contribution < 1.29 is 13.2 Å². The topological polar surface area (TPSA) is 99.9 Å². The molecule has 0 aliphatic carbocycles. The number of anilines is 1. The maximum atomic E-state index is 13.2. The van der Waals surface area contributed by atoms with E-state index in [2.05, 4.69) is 68.6 Å². The Kier molecular flexibility index (Phi) is 9.85. The number of nitrogens with one attached hydrogen (secondary N) is 1. The minimum absolute atomic E-state index is 0.00277. The Balaban J connectivity index is 1.18. The Morgan fingerprint density at radius 2 is 1.89 bits per heavy atom. The molecule has 1 atom stereocenters. The smallest absolute Gasteiger partial charge is 0.213 e. The number of hydrogen-bond acceptors (Lipinski definition) is 7. The summed E-state index contributed by atoms with van der Waals surface area (Å²) in [4.78, 5) is 25.5. The lowest BCUT2D eigenvalue weighted by Gasteiger charge is -2.30. The molecule has 2 saturated heterocycles. The summed E-state index contributed by atoms with van der Waals surface area (Å²) in [6, 6.07) is 10.2. The lowest BCUT2D eigenvalue weighted by molar-refractivity contribution is 0.0971. The molecule has 5 heterocycles. The van der Waals surface area contributed by atoms with Gasteiger partial charge in [0.15, 0.2) is 5.78 Å². The lowest BCUT2D eigenvalue weighted by atomic mass is 9.99. The van der Waals surface area contributed by atoms with E-state index in [9.17, 15) is 13.2 Å². The maximum absolute atomic E-state index is 13.2. The fraction of sp³-hybridized carbons (Fsp3) is 0.514. The summed E-state index contributed by atoms with van der Waals surface area (Å²) in [5.74, 6) is 1.12. The molecule has 3 aromatic rings. The predicted octanol–water partition coefficient (Wildman–Crippen LogP) is 6.46. The molecule has 246 valence electrons. The number of sulfonamides is 1. The molecule has 9 nitrogen and oxygen atoms in total. The molecular weight excluding hydrogens is 664 g/mol. The van der Waals surface area contributed by atoms with Crippen LogP contribution in [0.2, 0.25) is 0 Å². The van der Waals surface area contributed by atoms with Gasteiger partial charge in [-0.15, -0.1) is 0 Å². The third-order valence-electron chi connectivity index (χ3n) is 9.84. The van der Waals surface area contributed by atoms with Crippen molar-refractivity contribution in [2.75, 3.05) is 43.8 Å². The molecule has 2 aromatic heterocycles. The molecule has 6 rings (SSSR count). The number of carbonyl (C=O) groups is 1. The van der Waals surface area contributed by atoms with Crippen LogP contribution in [0.15, 0.2) is 46.0 Å². The number of aliphatic imine (C=N–C) groups is 1. The molecule has 0 spiro atoms. The zero-order valence-corrected chi connectivity index (χ0v) is 29.8. The highest BCUT2D eigenvalue weighted by Gasteiger charge is 2.32. The molecule has 2 fully saturated rings. The number of halogens is 1. The molecule has 0 radical (unpaired) electrons. The van der Waals surface area contributed by atoms with Crippen LogP contribution in [-0.2, 0) is 16.4 Å². The van der Waals surface area contributed by atoms with E-state index in [-0.39, 0.29) is 17.6 Å². The molecule has 3 aliphatic rings. The van der Waals surface area contributed by atoms with Crippen LogP contribution in [0.3, 0.4) is 0 Å². The third-order valence-corrected chi connectivity index (χ3v) is 12.3. The van der Waals surface area contributed by atoms with Crippen molar-refractivity contribution in [2.24, 2.45) is 10.9 Å². The van der Waals surface area contributed by atoms with E-state index in [1.54, 1.807) is 17.4 Å². The van der Waals surface area contributed by atoms with E-state index in [0.717, 1.165) is 93.8 Å². The van der Waals surface area contributed by atoms with Gasteiger partial charge in [0.1, 0.15) is 5.69 Å². The van der Waals surface area contributed by atoms with Crippen molar-refractivity contribution >= 4 is 48.8 Å². The van der Waals surface area contributed by atoms with E-state index in [0.29, 0.717) is 25.9 Å². The van der Waals surface area contributed by atoms with Crippen LogP contribution in [0, 0.1) is 19.8 Å². The third kappa shape index (κ3) is 6.88. The first-order valence-electron chi connectivity index (χ1n) is 16.6. The molecule has 3 aliphatic heterocycles. The van der Waals surface area contributed by atoms with Gasteiger partial charge in [-0.25, -0.2) is 13.4 Å². The second-order valence-corrected chi connectivity index (χ2v) is 16.2. The second kappa shape index (κ2) is 13.7. The number of benzene rings is 1. The fourth-order valence-electron chi connectivity index (χ4n) is 7.04.